The van der Waals surface area contributed by atoms with Crippen LogP contribution in [0, 0.1) is 6.92 Å². The zero-order chi connectivity index (χ0) is 8.69. The maximum absolute atomic E-state index is 9.34. The summed E-state index contributed by atoms with van der Waals surface area (Å²) in [4.78, 5) is 0. The molecular formula is C9H20NO. The summed E-state index contributed by atoms with van der Waals surface area (Å²) in [7, 11) is 0. The number of hydrogen-bond acceptors (Lipinski definition) is 2. The molecule has 0 aromatic heterocycles. The second-order valence-corrected chi connectivity index (χ2v) is 3.21. The fraction of sp³-hybridized carbons (Fsp3) is 0.889. The second kappa shape index (κ2) is 6.62. The van der Waals surface area contributed by atoms with Gasteiger partial charge in [0.15, 0.2) is 0 Å². The smallest absolute Gasteiger partial charge is 0.0664 e. The molecule has 0 heterocycles. The minimum atomic E-state index is -0.195. The molecule has 1 atom stereocenters. The van der Waals surface area contributed by atoms with E-state index in [0.29, 0.717) is 12.6 Å². The van der Waals surface area contributed by atoms with Crippen LogP contribution in [0.1, 0.15) is 33.1 Å². The SMILES string of the molecule is [CH2]CCCC(O)CNC(C)C. The van der Waals surface area contributed by atoms with Gasteiger partial charge in [0.1, 0.15) is 0 Å². The fourth-order valence-corrected chi connectivity index (χ4v) is 0.854. The van der Waals surface area contributed by atoms with Crippen molar-refractivity contribution in [3.8, 4) is 0 Å². The van der Waals surface area contributed by atoms with E-state index >= 15 is 0 Å². The summed E-state index contributed by atoms with van der Waals surface area (Å²) in [6.07, 6.45) is 2.60. The maximum Gasteiger partial charge on any atom is 0.0664 e. The van der Waals surface area contributed by atoms with Gasteiger partial charge >= 0.3 is 0 Å². The third-order valence-electron chi connectivity index (χ3n) is 1.55. The third kappa shape index (κ3) is 7.82. The Morgan fingerprint density at radius 3 is 2.55 bits per heavy atom. The molecule has 0 saturated heterocycles. The van der Waals surface area contributed by atoms with E-state index in [0.717, 1.165) is 19.3 Å². The number of aliphatic hydroxyl groups excluding tert-OH is 1. The van der Waals surface area contributed by atoms with Gasteiger partial charge in [-0.25, -0.2) is 0 Å². The van der Waals surface area contributed by atoms with Crippen molar-refractivity contribution in [1.29, 1.82) is 0 Å². The van der Waals surface area contributed by atoms with Crippen LogP contribution in [-0.4, -0.2) is 23.8 Å². The van der Waals surface area contributed by atoms with Crippen LogP contribution in [-0.2, 0) is 0 Å². The van der Waals surface area contributed by atoms with Crippen molar-refractivity contribution in [1.82, 2.24) is 5.32 Å². The minimum absolute atomic E-state index is 0.195. The Kier molecular flexibility index (Phi) is 6.57. The van der Waals surface area contributed by atoms with Crippen LogP contribution in [0.5, 0.6) is 0 Å². The lowest BCUT2D eigenvalue weighted by atomic mass is 10.1. The van der Waals surface area contributed by atoms with E-state index in [4.69, 9.17) is 0 Å². The number of hydrogen-bond donors (Lipinski definition) is 2. The van der Waals surface area contributed by atoms with Crippen molar-refractivity contribution in [3.05, 3.63) is 6.92 Å². The average Bonchev–Trinajstić information content (AvgIpc) is 1.97. The first-order valence-corrected chi connectivity index (χ1v) is 4.37. The van der Waals surface area contributed by atoms with E-state index in [9.17, 15) is 5.11 Å². The van der Waals surface area contributed by atoms with Crippen molar-refractivity contribution >= 4 is 0 Å². The molecule has 0 spiro atoms. The summed E-state index contributed by atoms with van der Waals surface area (Å²) in [5, 5.41) is 12.5. The molecule has 2 heteroatoms. The van der Waals surface area contributed by atoms with Crippen LogP contribution in [0.25, 0.3) is 0 Å². The van der Waals surface area contributed by atoms with Gasteiger partial charge in [0, 0.05) is 12.6 Å². The standard InChI is InChI=1S/C9H20NO/c1-4-5-6-9(11)7-10-8(2)3/h8-11H,1,4-7H2,2-3H3. The van der Waals surface area contributed by atoms with E-state index in [1.54, 1.807) is 0 Å². The maximum atomic E-state index is 9.34. The summed E-state index contributed by atoms with van der Waals surface area (Å²) < 4.78 is 0. The topological polar surface area (TPSA) is 32.3 Å². The molecule has 1 unspecified atom stereocenters. The summed E-state index contributed by atoms with van der Waals surface area (Å²) in [6, 6.07) is 0.462. The quantitative estimate of drug-likeness (QED) is 0.611. The molecule has 0 amide bonds. The van der Waals surface area contributed by atoms with Crippen LogP contribution in [0.15, 0.2) is 0 Å². The monoisotopic (exact) mass is 158 g/mol. The number of rotatable bonds is 6. The van der Waals surface area contributed by atoms with Crippen molar-refractivity contribution in [2.45, 2.75) is 45.3 Å². The van der Waals surface area contributed by atoms with Gasteiger partial charge in [0.25, 0.3) is 0 Å². The third-order valence-corrected chi connectivity index (χ3v) is 1.55. The van der Waals surface area contributed by atoms with Gasteiger partial charge in [-0.2, -0.15) is 0 Å². The molecule has 0 rings (SSSR count). The summed E-state index contributed by atoms with van der Waals surface area (Å²) in [5.41, 5.74) is 0. The highest BCUT2D eigenvalue weighted by Crippen LogP contribution is 1.98. The summed E-state index contributed by atoms with van der Waals surface area (Å²) in [5.74, 6) is 0. The first kappa shape index (κ1) is 10.9. The molecule has 1 radical (unpaired) electrons. The van der Waals surface area contributed by atoms with Crippen LogP contribution >= 0.6 is 0 Å². The van der Waals surface area contributed by atoms with Gasteiger partial charge in [-0.3, -0.25) is 0 Å². The molecule has 0 aromatic carbocycles. The first-order valence-electron chi connectivity index (χ1n) is 4.37. The van der Waals surface area contributed by atoms with E-state index in [2.05, 4.69) is 26.1 Å². The molecular weight excluding hydrogens is 138 g/mol. The molecule has 0 bridgehead atoms. The predicted molar refractivity (Wildman–Crippen MR) is 48.4 cm³/mol. The lowest BCUT2D eigenvalue weighted by Crippen LogP contribution is -2.31. The van der Waals surface area contributed by atoms with Gasteiger partial charge < -0.3 is 10.4 Å². The first-order chi connectivity index (χ1) is 5.16. The van der Waals surface area contributed by atoms with Gasteiger partial charge in [-0.1, -0.05) is 33.6 Å². The van der Waals surface area contributed by atoms with Crippen molar-refractivity contribution in [2.24, 2.45) is 0 Å². The Hall–Kier alpha value is -0.0800. The Morgan fingerprint density at radius 2 is 2.09 bits per heavy atom. The molecule has 11 heavy (non-hydrogen) atoms. The average molecular weight is 158 g/mol. The second-order valence-electron chi connectivity index (χ2n) is 3.21. The molecule has 2 N–H and O–H groups in total. The summed E-state index contributed by atoms with van der Waals surface area (Å²) >= 11 is 0. The normalized spacial score (nSPS) is 13.9. The van der Waals surface area contributed by atoms with Crippen LogP contribution in [0.3, 0.4) is 0 Å². The molecule has 67 valence electrons. The number of unbranched alkanes of at least 4 members (excludes halogenated alkanes) is 1. The van der Waals surface area contributed by atoms with E-state index in [1.807, 2.05) is 0 Å². The predicted octanol–water partition coefficient (Wildman–Crippen LogP) is 1.35. The highest BCUT2D eigenvalue weighted by Gasteiger charge is 2.02. The van der Waals surface area contributed by atoms with Gasteiger partial charge in [-0.05, 0) is 6.42 Å². The minimum Gasteiger partial charge on any atom is -0.392 e. The zero-order valence-electron chi connectivity index (χ0n) is 7.64. The van der Waals surface area contributed by atoms with Crippen molar-refractivity contribution < 1.29 is 5.11 Å². The molecule has 0 aliphatic heterocycles. The molecule has 0 aliphatic carbocycles. The number of aliphatic hydroxyl groups is 1. The highest BCUT2D eigenvalue weighted by molar-refractivity contribution is 4.62. The molecule has 0 aliphatic rings. The largest absolute Gasteiger partial charge is 0.392 e. The highest BCUT2D eigenvalue weighted by atomic mass is 16.3. The molecule has 0 fully saturated rings. The zero-order valence-corrected chi connectivity index (χ0v) is 7.64. The van der Waals surface area contributed by atoms with E-state index < -0.39 is 0 Å². The Labute approximate surface area is 70.0 Å². The Bertz CT molecular complexity index is 83.6. The van der Waals surface area contributed by atoms with Crippen molar-refractivity contribution in [2.75, 3.05) is 6.54 Å². The Balaban J connectivity index is 3.15. The van der Waals surface area contributed by atoms with Gasteiger partial charge in [0.05, 0.1) is 6.10 Å². The van der Waals surface area contributed by atoms with E-state index in [-0.39, 0.29) is 6.10 Å². The molecule has 2 nitrogen and oxygen atoms in total. The lowest BCUT2D eigenvalue weighted by molar-refractivity contribution is 0.156. The number of nitrogens with one attached hydrogen (secondary N) is 1. The van der Waals surface area contributed by atoms with Crippen LogP contribution < -0.4 is 5.32 Å². The van der Waals surface area contributed by atoms with Gasteiger partial charge in [-0.15, -0.1) is 0 Å². The Morgan fingerprint density at radius 1 is 1.45 bits per heavy atom. The molecule has 0 aromatic rings. The van der Waals surface area contributed by atoms with Crippen molar-refractivity contribution in [3.63, 3.8) is 0 Å². The summed E-state index contributed by atoms with van der Waals surface area (Å²) in [6.45, 7) is 8.58. The van der Waals surface area contributed by atoms with Crippen LogP contribution in [0.2, 0.25) is 0 Å². The lowest BCUT2D eigenvalue weighted by Gasteiger charge is -2.13. The van der Waals surface area contributed by atoms with Crippen LogP contribution in [0.4, 0.5) is 0 Å². The fourth-order valence-electron chi connectivity index (χ4n) is 0.854. The molecule has 0 saturated carbocycles. The van der Waals surface area contributed by atoms with Gasteiger partial charge in [0.2, 0.25) is 0 Å². The van der Waals surface area contributed by atoms with E-state index in [1.165, 1.54) is 0 Å².